The van der Waals surface area contributed by atoms with Crippen molar-refractivity contribution in [1.29, 1.82) is 0 Å². The van der Waals surface area contributed by atoms with E-state index in [0.717, 1.165) is 102 Å². The van der Waals surface area contributed by atoms with Gasteiger partial charge < -0.3 is 33.8 Å². The molecule has 0 aliphatic heterocycles. The zero-order chi connectivity index (χ0) is 66.5. The largest absolute Gasteiger partial charge is 0.472 e. The Kier molecular flexibility index (Phi) is 61.8. The van der Waals surface area contributed by atoms with Crippen LogP contribution in [0.15, 0.2) is 0 Å². The van der Waals surface area contributed by atoms with E-state index in [1.54, 1.807) is 0 Å². The summed E-state index contributed by atoms with van der Waals surface area (Å²) in [6, 6.07) is 0. The van der Waals surface area contributed by atoms with Gasteiger partial charge in [0.25, 0.3) is 0 Å². The molecule has 0 fully saturated rings. The van der Waals surface area contributed by atoms with Crippen LogP contribution < -0.4 is 0 Å². The lowest BCUT2D eigenvalue weighted by Gasteiger charge is -2.21. The van der Waals surface area contributed by atoms with Gasteiger partial charge in [-0.25, -0.2) is 9.13 Å². The van der Waals surface area contributed by atoms with Crippen LogP contribution in [-0.4, -0.2) is 96.7 Å². The lowest BCUT2D eigenvalue weighted by atomic mass is 10.00. The minimum Gasteiger partial charge on any atom is -0.462 e. The smallest absolute Gasteiger partial charge is 0.462 e. The minimum atomic E-state index is -4.95. The van der Waals surface area contributed by atoms with Gasteiger partial charge in [-0.3, -0.25) is 37.3 Å². The van der Waals surface area contributed by atoms with Crippen LogP contribution in [0.3, 0.4) is 0 Å². The first-order valence-corrected chi connectivity index (χ1v) is 40.0. The van der Waals surface area contributed by atoms with Crippen molar-refractivity contribution in [3.8, 4) is 0 Å². The van der Waals surface area contributed by atoms with Crippen molar-refractivity contribution in [2.24, 2.45) is 11.8 Å². The molecule has 0 rings (SSSR count). The molecule has 6 atom stereocenters. The van der Waals surface area contributed by atoms with E-state index in [-0.39, 0.29) is 25.7 Å². The number of phosphoric acid groups is 2. The summed E-state index contributed by atoms with van der Waals surface area (Å²) in [6.07, 6.45) is 48.6. The minimum absolute atomic E-state index is 0.103. The summed E-state index contributed by atoms with van der Waals surface area (Å²) in [6.45, 7) is 9.52. The third kappa shape index (κ3) is 63.5. The van der Waals surface area contributed by atoms with Crippen LogP contribution >= 0.6 is 15.6 Å². The highest BCUT2D eigenvalue weighted by Crippen LogP contribution is 2.45. The molecule has 534 valence electrons. The van der Waals surface area contributed by atoms with Crippen LogP contribution in [-0.2, 0) is 65.4 Å². The van der Waals surface area contributed by atoms with Gasteiger partial charge in [0.15, 0.2) is 12.2 Å². The van der Waals surface area contributed by atoms with E-state index in [9.17, 15) is 43.2 Å². The third-order valence-electron chi connectivity index (χ3n) is 16.8. The molecule has 0 saturated heterocycles. The monoisotopic (exact) mass is 1320 g/mol. The van der Waals surface area contributed by atoms with Crippen molar-refractivity contribution in [2.45, 2.75) is 381 Å². The normalized spacial score (nSPS) is 14.4. The van der Waals surface area contributed by atoms with Crippen molar-refractivity contribution in [1.82, 2.24) is 0 Å². The third-order valence-corrected chi connectivity index (χ3v) is 18.7. The molecule has 0 aliphatic rings. The fourth-order valence-corrected chi connectivity index (χ4v) is 12.3. The van der Waals surface area contributed by atoms with Crippen molar-refractivity contribution in [2.75, 3.05) is 39.6 Å². The predicted octanol–water partition coefficient (Wildman–Crippen LogP) is 20.4. The number of aliphatic hydroxyl groups is 1. The molecule has 0 radical (unpaired) electrons. The van der Waals surface area contributed by atoms with Gasteiger partial charge in [-0.1, -0.05) is 311 Å². The Morgan fingerprint density at radius 1 is 0.322 bits per heavy atom. The predicted molar refractivity (Wildman–Crippen MR) is 363 cm³/mol. The molecule has 0 aromatic carbocycles. The second kappa shape index (κ2) is 63.1. The highest BCUT2D eigenvalue weighted by Gasteiger charge is 2.30. The SMILES string of the molecule is CCCCCCCCCCCCCC(=O)OC[C@H](COP(=O)(O)OC[C@@H](O)COP(=O)(O)OC[C@@H](COC(=O)CCCCCCCCCCCC)OC(=O)CCCCCCCCC(C)CC)OC(=O)CCCCCCCCCCCCCCCCCCC(C)C. The number of esters is 4. The maximum Gasteiger partial charge on any atom is 0.472 e. The zero-order valence-electron chi connectivity index (χ0n) is 58.4. The molecule has 0 aliphatic carbocycles. The van der Waals surface area contributed by atoms with E-state index in [2.05, 4.69) is 41.5 Å². The molecule has 0 bridgehead atoms. The van der Waals surface area contributed by atoms with Crippen molar-refractivity contribution in [3.05, 3.63) is 0 Å². The Hall–Kier alpha value is -1.94. The first-order chi connectivity index (χ1) is 43.4. The highest BCUT2D eigenvalue weighted by atomic mass is 31.2. The molecule has 3 N–H and O–H groups in total. The highest BCUT2D eigenvalue weighted by molar-refractivity contribution is 7.47. The van der Waals surface area contributed by atoms with Crippen LogP contribution in [0.1, 0.15) is 363 Å². The average Bonchev–Trinajstić information content (AvgIpc) is 3.69. The Bertz CT molecular complexity index is 1750. The summed E-state index contributed by atoms with van der Waals surface area (Å²) >= 11 is 0. The molecule has 0 spiro atoms. The quantitative estimate of drug-likeness (QED) is 0.0222. The van der Waals surface area contributed by atoms with E-state index in [4.69, 9.17) is 37.0 Å². The second-order valence-electron chi connectivity index (χ2n) is 26.3. The van der Waals surface area contributed by atoms with Gasteiger partial charge >= 0.3 is 39.5 Å². The molecule has 0 heterocycles. The first-order valence-electron chi connectivity index (χ1n) is 37.0. The standard InChI is InChI=1S/C71H138O17P2/c1-7-10-12-14-16-18-26-31-35-42-48-54-69(74)81-59-66(87-70(75)55-49-43-36-32-28-25-23-21-20-22-24-27-29-33-39-45-51-63(4)5)61-85-89(77,78)83-57-65(72)58-84-90(79,80)86-62-67(88-71(76)56-50-44-38-37-40-46-52-64(6)9-3)60-82-68(73)53-47-41-34-30-19-17-15-13-11-8-2/h63-67,72H,7-62H2,1-6H3,(H,77,78)(H,79,80)/t64?,65-,66-,67-/m1/s1. The van der Waals surface area contributed by atoms with Crippen molar-refractivity contribution in [3.63, 3.8) is 0 Å². The number of unbranched alkanes of at least 4 members (excludes halogenated alkanes) is 39. The van der Waals surface area contributed by atoms with Gasteiger partial charge in [0.05, 0.1) is 26.4 Å². The molecule has 0 aromatic heterocycles. The van der Waals surface area contributed by atoms with Crippen LogP contribution in [0.2, 0.25) is 0 Å². The molecule has 0 saturated carbocycles. The number of carbonyl (C=O) groups is 4. The van der Waals surface area contributed by atoms with Crippen LogP contribution in [0.25, 0.3) is 0 Å². The molecular formula is C71H138O17P2. The van der Waals surface area contributed by atoms with Gasteiger partial charge in [0.1, 0.15) is 19.3 Å². The Morgan fingerprint density at radius 3 is 0.844 bits per heavy atom. The van der Waals surface area contributed by atoms with Crippen LogP contribution in [0, 0.1) is 11.8 Å². The number of phosphoric ester groups is 2. The number of hydrogen-bond donors (Lipinski definition) is 3. The van der Waals surface area contributed by atoms with Crippen molar-refractivity contribution >= 4 is 39.5 Å². The van der Waals surface area contributed by atoms with E-state index < -0.39 is 97.5 Å². The zero-order valence-corrected chi connectivity index (χ0v) is 60.2. The molecule has 19 heteroatoms. The molecule has 90 heavy (non-hydrogen) atoms. The maximum absolute atomic E-state index is 13.0. The van der Waals surface area contributed by atoms with E-state index in [0.29, 0.717) is 25.7 Å². The maximum atomic E-state index is 13.0. The van der Waals surface area contributed by atoms with Gasteiger partial charge in [0.2, 0.25) is 0 Å². The number of aliphatic hydroxyl groups excluding tert-OH is 1. The summed E-state index contributed by atoms with van der Waals surface area (Å²) in [5.41, 5.74) is 0. The number of rotatable bonds is 70. The van der Waals surface area contributed by atoms with Gasteiger partial charge in [-0.05, 0) is 37.5 Å². The fourth-order valence-electron chi connectivity index (χ4n) is 10.7. The summed E-state index contributed by atoms with van der Waals surface area (Å²) in [7, 11) is -9.90. The Balaban J connectivity index is 5.20. The first kappa shape index (κ1) is 88.1. The Labute approximate surface area is 549 Å². The van der Waals surface area contributed by atoms with E-state index in [1.807, 2.05) is 0 Å². The number of carbonyl (C=O) groups excluding carboxylic acids is 4. The number of ether oxygens (including phenoxy) is 4. The molecule has 0 amide bonds. The lowest BCUT2D eigenvalue weighted by molar-refractivity contribution is -0.161. The topological polar surface area (TPSA) is 237 Å². The van der Waals surface area contributed by atoms with E-state index in [1.165, 1.54) is 180 Å². The summed E-state index contributed by atoms with van der Waals surface area (Å²) < 4.78 is 68.3. The second-order valence-corrected chi connectivity index (χ2v) is 29.3. The average molecular weight is 1330 g/mol. The van der Waals surface area contributed by atoms with E-state index >= 15 is 0 Å². The summed E-state index contributed by atoms with van der Waals surface area (Å²) in [5, 5.41) is 10.6. The molecule has 3 unspecified atom stereocenters. The fraction of sp³-hybridized carbons (Fsp3) is 0.944. The number of hydrogen-bond acceptors (Lipinski definition) is 15. The van der Waals surface area contributed by atoms with Gasteiger partial charge in [-0.2, -0.15) is 0 Å². The van der Waals surface area contributed by atoms with Crippen LogP contribution in [0.5, 0.6) is 0 Å². The Morgan fingerprint density at radius 2 is 0.567 bits per heavy atom. The van der Waals surface area contributed by atoms with Crippen molar-refractivity contribution < 1.29 is 80.2 Å². The van der Waals surface area contributed by atoms with Gasteiger partial charge in [-0.15, -0.1) is 0 Å². The molecular weight excluding hydrogens is 1190 g/mol. The van der Waals surface area contributed by atoms with Crippen LogP contribution in [0.4, 0.5) is 0 Å². The van der Waals surface area contributed by atoms with Gasteiger partial charge in [0, 0.05) is 25.7 Å². The molecule has 0 aromatic rings. The lowest BCUT2D eigenvalue weighted by Crippen LogP contribution is -2.30. The summed E-state index contributed by atoms with van der Waals surface area (Å²) in [5.74, 6) is -0.596. The molecule has 17 nitrogen and oxygen atoms in total. The summed E-state index contributed by atoms with van der Waals surface area (Å²) in [4.78, 5) is 72.5.